The number of carbonyl (C=O) groups excluding carboxylic acids is 2. The maximum Gasteiger partial charge on any atom is 0.316 e. The van der Waals surface area contributed by atoms with Gasteiger partial charge in [-0.2, -0.15) is 0 Å². The van der Waals surface area contributed by atoms with Crippen LogP contribution in [-0.2, 0) is 4.79 Å². The van der Waals surface area contributed by atoms with E-state index in [1.165, 1.54) is 0 Å². The molecule has 0 fully saturated rings. The molecule has 0 bridgehead atoms. The van der Waals surface area contributed by atoms with Gasteiger partial charge in [0.25, 0.3) is 0 Å². The van der Waals surface area contributed by atoms with Crippen LogP contribution < -0.4 is 18.9 Å². The number of esters is 1. The highest BCUT2D eigenvalue weighted by molar-refractivity contribution is 6.15. The summed E-state index contributed by atoms with van der Waals surface area (Å²) in [6.07, 6.45) is 1.66. The molecule has 0 atom stereocenters. The number of carbonyl (C=O) groups is 2. The molecule has 0 amide bonds. The van der Waals surface area contributed by atoms with Gasteiger partial charge in [-0.05, 0) is 63.1 Å². The van der Waals surface area contributed by atoms with Gasteiger partial charge in [0.1, 0.15) is 11.5 Å². The Morgan fingerprint density at radius 1 is 1.07 bits per heavy atom. The van der Waals surface area contributed by atoms with Crippen molar-refractivity contribution in [2.45, 2.75) is 27.7 Å². The molecule has 6 nitrogen and oxygen atoms in total. The van der Waals surface area contributed by atoms with Crippen molar-refractivity contribution in [3.8, 4) is 23.0 Å². The Morgan fingerprint density at radius 2 is 1.82 bits per heavy atom. The second-order valence-electron chi connectivity index (χ2n) is 7.81. The Bertz CT molecular complexity index is 1030. The molecule has 2 aromatic rings. The van der Waals surface area contributed by atoms with E-state index in [0.29, 0.717) is 34.1 Å². The van der Waals surface area contributed by atoms with E-state index < -0.39 is 5.41 Å². The van der Waals surface area contributed by atoms with E-state index in [1.54, 1.807) is 58.0 Å². The molecule has 2 aliphatic rings. The number of hydrogen-bond acceptors (Lipinski definition) is 6. The largest absolute Gasteiger partial charge is 0.454 e. The van der Waals surface area contributed by atoms with Crippen LogP contribution in [0.15, 0.2) is 36.1 Å². The summed E-state index contributed by atoms with van der Waals surface area (Å²) in [7, 11) is 0. The summed E-state index contributed by atoms with van der Waals surface area (Å²) >= 11 is 0. The molecule has 4 rings (SSSR count). The molecule has 0 unspecified atom stereocenters. The average Bonchev–Trinajstić information content (AvgIpc) is 3.18. The lowest BCUT2D eigenvalue weighted by atomic mass is 9.97. The third kappa shape index (κ3) is 3.22. The summed E-state index contributed by atoms with van der Waals surface area (Å²) in [5, 5.41) is 0. The van der Waals surface area contributed by atoms with Crippen LogP contribution in [0.1, 0.15) is 42.3 Å². The predicted octanol–water partition coefficient (Wildman–Crippen LogP) is 4.29. The van der Waals surface area contributed by atoms with Crippen LogP contribution in [0.3, 0.4) is 0 Å². The van der Waals surface area contributed by atoms with Crippen LogP contribution in [0, 0.1) is 12.3 Å². The third-order valence-corrected chi connectivity index (χ3v) is 4.46. The van der Waals surface area contributed by atoms with Crippen molar-refractivity contribution < 1.29 is 28.5 Å². The lowest BCUT2D eigenvalue weighted by Crippen LogP contribution is -2.25. The van der Waals surface area contributed by atoms with Gasteiger partial charge in [0, 0.05) is 6.07 Å². The highest BCUT2D eigenvalue weighted by Gasteiger charge is 2.31. The van der Waals surface area contributed by atoms with Gasteiger partial charge in [0.2, 0.25) is 12.6 Å². The molecule has 0 aromatic heterocycles. The van der Waals surface area contributed by atoms with Gasteiger partial charge < -0.3 is 18.9 Å². The van der Waals surface area contributed by atoms with Crippen molar-refractivity contribution in [3.63, 3.8) is 0 Å². The van der Waals surface area contributed by atoms with Gasteiger partial charge >= 0.3 is 5.97 Å². The average molecular weight is 380 g/mol. The van der Waals surface area contributed by atoms with Crippen molar-refractivity contribution in [1.82, 2.24) is 0 Å². The van der Waals surface area contributed by atoms with Crippen LogP contribution in [-0.4, -0.2) is 18.5 Å². The zero-order valence-electron chi connectivity index (χ0n) is 16.1. The molecule has 0 saturated heterocycles. The van der Waals surface area contributed by atoms with Gasteiger partial charge in [0.15, 0.2) is 17.3 Å². The molecule has 0 N–H and O–H groups in total. The Hall–Kier alpha value is -3.28. The van der Waals surface area contributed by atoms with Crippen LogP contribution in [0.2, 0.25) is 0 Å². The first-order valence-corrected chi connectivity index (χ1v) is 8.93. The molecule has 6 heteroatoms. The maximum absolute atomic E-state index is 12.8. The van der Waals surface area contributed by atoms with Crippen LogP contribution in [0.25, 0.3) is 6.08 Å². The standard InChI is InChI=1S/C22H20O6/c1-12-7-14(27-21(24)22(2,3)4)10-17-19(12)20(23)18(28-17)9-13-5-6-15-16(8-13)26-11-25-15/h5-10H,11H2,1-4H3/b18-9-. The Labute approximate surface area is 162 Å². The normalized spacial score (nSPS) is 16.1. The van der Waals surface area contributed by atoms with E-state index in [1.807, 2.05) is 6.07 Å². The van der Waals surface area contributed by atoms with Gasteiger partial charge in [-0.1, -0.05) is 6.07 Å². The SMILES string of the molecule is Cc1cc(OC(=O)C(C)(C)C)cc2c1C(=O)/C(=C/c1ccc3c(c1)OCO3)O2. The van der Waals surface area contributed by atoms with Crippen molar-refractivity contribution in [2.75, 3.05) is 6.79 Å². The van der Waals surface area contributed by atoms with Crippen LogP contribution >= 0.6 is 0 Å². The second kappa shape index (κ2) is 6.41. The molecule has 144 valence electrons. The minimum Gasteiger partial charge on any atom is -0.454 e. The van der Waals surface area contributed by atoms with Crippen molar-refractivity contribution in [1.29, 1.82) is 0 Å². The molecule has 28 heavy (non-hydrogen) atoms. The van der Waals surface area contributed by atoms with Crippen molar-refractivity contribution in [3.05, 3.63) is 52.8 Å². The summed E-state index contributed by atoms with van der Waals surface area (Å²) in [5.74, 6) is 1.68. The number of ether oxygens (including phenoxy) is 4. The summed E-state index contributed by atoms with van der Waals surface area (Å²) in [6.45, 7) is 7.31. The Kier molecular flexibility index (Phi) is 4.14. The number of hydrogen-bond donors (Lipinski definition) is 0. The zero-order chi connectivity index (χ0) is 20.1. The molecular formula is C22H20O6. The fourth-order valence-electron chi connectivity index (χ4n) is 2.95. The summed E-state index contributed by atoms with van der Waals surface area (Å²) in [6, 6.07) is 8.65. The fraction of sp³-hybridized carbons (Fsp3) is 0.273. The zero-order valence-corrected chi connectivity index (χ0v) is 16.1. The first-order valence-electron chi connectivity index (χ1n) is 8.93. The topological polar surface area (TPSA) is 71.1 Å². The quantitative estimate of drug-likeness (QED) is 0.440. The number of Topliss-reactive ketones (excluding diaryl/α,β-unsaturated/α-hetero) is 1. The Morgan fingerprint density at radius 3 is 2.57 bits per heavy atom. The first-order chi connectivity index (χ1) is 13.2. The summed E-state index contributed by atoms with van der Waals surface area (Å²) < 4.78 is 21.9. The van der Waals surface area contributed by atoms with Gasteiger partial charge in [0.05, 0.1) is 11.0 Å². The van der Waals surface area contributed by atoms with E-state index in [2.05, 4.69) is 0 Å². The maximum atomic E-state index is 12.8. The number of aryl methyl sites for hydroxylation is 1. The molecule has 2 aromatic carbocycles. The second-order valence-corrected chi connectivity index (χ2v) is 7.81. The van der Waals surface area contributed by atoms with E-state index in [4.69, 9.17) is 18.9 Å². The molecule has 0 aliphatic carbocycles. The Balaban J connectivity index is 1.63. The highest BCUT2D eigenvalue weighted by atomic mass is 16.7. The minimum absolute atomic E-state index is 0.186. The smallest absolute Gasteiger partial charge is 0.316 e. The first kappa shape index (κ1) is 18.1. The lowest BCUT2D eigenvalue weighted by Gasteiger charge is -2.16. The van der Waals surface area contributed by atoms with Crippen LogP contribution in [0.5, 0.6) is 23.0 Å². The predicted molar refractivity (Wildman–Crippen MR) is 102 cm³/mol. The van der Waals surface area contributed by atoms with E-state index in [0.717, 1.165) is 5.56 Å². The number of benzene rings is 2. The van der Waals surface area contributed by atoms with Gasteiger partial charge in [-0.25, -0.2) is 0 Å². The highest BCUT2D eigenvalue weighted by Crippen LogP contribution is 2.39. The van der Waals surface area contributed by atoms with Gasteiger partial charge in [-0.3, -0.25) is 9.59 Å². The van der Waals surface area contributed by atoms with E-state index in [9.17, 15) is 9.59 Å². The van der Waals surface area contributed by atoms with Crippen molar-refractivity contribution >= 4 is 17.8 Å². The molecule has 2 heterocycles. The van der Waals surface area contributed by atoms with Crippen LogP contribution in [0.4, 0.5) is 0 Å². The third-order valence-electron chi connectivity index (χ3n) is 4.46. The van der Waals surface area contributed by atoms with E-state index in [-0.39, 0.29) is 24.3 Å². The fourth-order valence-corrected chi connectivity index (χ4v) is 2.95. The number of allylic oxidation sites excluding steroid dienone is 1. The number of ketones is 1. The van der Waals surface area contributed by atoms with Gasteiger partial charge in [-0.15, -0.1) is 0 Å². The van der Waals surface area contributed by atoms with E-state index >= 15 is 0 Å². The lowest BCUT2D eigenvalue weighted by molar-refractivity contribution is -0.143. The monoisotopic (exact) mass is 380 g/mol. The molecule has 2 aliphatic heterocycles. The molecule has 0 saturated carbocycles. The molecule has 0 radical (unpaired) electrons. The summed E-state index contributed by atoms with van der Waals surface area (Å²) in [4.78, 5) is 24.9. The molecular weight excluding hydrogens is 360 g/mol. The number of fused-ring (bicyclic) bond motifs is 2. The van der Waals surface area contributed by atoms with Crippen molar-refractivity contribution in [2.24, 2.45) is 5.41 Å². The minimum atomic E-state index is -0.631. The summed E-state index contributed by atoms with van der Waals surface area (Å²) in [5.41, 5.74) is 1.29. The molecule has 0 spiro atoms. The number of rotatable bonds is 2.